The number of rotatable bonds is 4. The Morgan fingerprint density at radius 2 is 2.03 bits per heavy atom. The van der Waals surface area contributed by atoms with Crippen molar-refractivity contribution >= 4 is 23.2 Å². The number of halogens is 2. The predicted molar refractivity (Wildman–Crippen MR) is 105 cm³/mol. The van der Waals surface area contributed by atoms with E-state index in [-0.39, 0.29) is 17.5 Å². The molecule has 1 saturated heterocycles. The van der Waals surface area contributed by atoms with Gasteiger partial charge in [0.15, 0.2) is 0 Å². The molecular formula is C20H22F2N6O. The summed E-state index contributed by atoms with van der Waals surface area (Å²) in [6.45, 7) is 5.37. The molecule has 9 heteroatoms. The molecule has 7 nitrogen and oxygen atoms in total. The van der Waals surface area contributed by atoms with Gasteiger partial charge >= 0.3 is 0 Å². The van der Waals surface area contributed by atoms with Gasteiger partial charge < -0.3 is 10.2 Å². The maximum Gasteiger partial charge on any atom is 0.254 e. The van der Waals surface area contributed by atoms with Crippen LogP contribution in [0.25, 0.3) is 5.78 Å². The first kappa shape index (κ1) is 19.2. The van der Waals surface area contributed by atoms with E-state index in [4.69, 9.17) is 0 Å². The van der Waals surface area contributed by atoms with Crippen LogP contribution in [-0.4, -0.2) is 38.6 Å². The second-order valence-corrected chi connectivity index (χ2v) is 7.20. The largest absolute Gasteiger partial charge is 0.356 e. The van der Waals surface area contributed by atoms with Crippen molar-refractivity contribution in [1.82, 2.24) is 19.6 Å². The van der Waals surface area contributed by atoms with Crippen molar-refractivity contribution in [2.45, 2.75) is 33.1 Å². The van der Waals surface area contributed by atoms with Crippen molar-refractivity contribution in [3.05, 3.63) is 47.4 Å². The average Bonchev–Trinajstić information content (AvgIpc) is 3.17. The molecule has 0 saturated carbocycles. The van der Waals surface area contributed by atoms with Crippen molar-refractivity contribution in [3.8, 4) is 0 Å². The summed E-state index contributed by atoms with van der Waals surface area (Å²) in [7, 11) is 0. The molecule has 1 N–H and O–H groups in total. The highest BCUT2D eigenvalue weighted by Crippen LogP contribution is 2.29. The predicted octanol–water partition coefficient (Wildman–Crippen LogP) is 3.13. The van der Waals surface area contributed by atoms with Gasteiger partial charge in [-0.2, -0.15) is 14.6 Å². The van der Waals surface area contributed by atoms with E-state index in [9.17, 15) is 13.6 Å². The molecule has 0 radical (unpaired) electrons. The van der Waals surface area contributed by atoms with Crippen LogP contribution in [0.1, 0.15) is 31.0 Å². The number of nitrogens with zero attached hydrogens (tertiary/aromatic N) is 5. The first-order valence-electron chi connectivity index (χ1n) is 9.68. The van der Waals surface area contributed by atoms with Gasteiger partial charge in [0.2, 0.25) is 5.91 Å². The lowest BCUT2D eigenvalue weighted by molar-refractivity contribution is -0.120. The zero-order valence-corrected chi connectivity index (χ0v) is 16.3. The van der Waals surface area contributed by atoms with Crippen LogP contribution in [0.15, 0.2) is 24.5 Å². The average molecular weight is 400 g/mol. The molecule has 2 aromatic heterocycles. The van der Waals surface area contributed by atoms with E-state index >= 15 is 0 Å². The molecule has 3 aromatic rings. The molecule has 0 atom stereocenters. The van der Waals surface area contributed by atoms with Crippen molar-refractivity contribution in [1.29, 1.82) is 0 Å². The Morgan fingerprint density at radius 3 is 2.72 bits per heavy atom. The summed E-state index contributed by atoms with van der Waals surface area (Å²) < 4.78 is 28.6. The highest BCUT2D eigenvalue weighted by molar-refractivity contribution is 5.92. The molecule has 0 bridgehead atoms. The molecule has 3 heterocycles. The van der Waals surface area contributed by atoms with Crippen LogP contribution in [0.4, 0.5) is 20.3 Å². The smallest absolute Gasteiger partial charge is 0.254 e. The zero-order valence-electron chi connectivity index (χ0n) is 16.3. The van der Waals surface area contributed by atoms with Gasteiger partial charge in [0.25, 0.3) is 5.78 Å². The first-order valence-corrected chi connectivity index (χ1v) is 9.68. The minimum Gasteiger partial charge on any atom is -0.356 e. The van der Waals surface area contributed by atoms with E-state index in [0.717, 1.165) is 35.6 Å². The van der Waals surface area contributed by atoms with Gasteiger partial charge in [0.1, 0.15) is 23.8 Å². The number of amides is 1. The monoisotopic (exact) mass is 400 g/mol. The fourth-order valence-electron chi connectivity index (χ4n) is 3.89. The zero-order chi connectivity index (χ0) is 20.5. The van der Waals surface area contributed by atoms with Crippen LogP contribution < -0.4 is 10.2 Å². The van der Waals surface area contributed by atoms with Gasteiger partial charge in [0.05, 0.1) is 5.69 Å². The summed E-state index contributed by atoms with van der Waals surface area (Å²) in [4.78, 5) is 23.5. The molecule has 0 spiro atoms. The van der Waals surface area contributed by atoms with Crippen LogP contribution >= 0.6 is 0 Å². The molecule has 0 aliphatic carbocycles. The summed E-state index contributed by atoms with van der Waals surface area (Å²) in [6.07, 6.45) is 3.54. The number of piperidine rings is 1. The molecule has 1 amide bonds. The third-order valence-electron chi connectivity index (χ3n) is 5.41. The number of fused-ring (bicyclic) bond motifs is 1. The lowest BCUT2D eigenvalue weighted by Gasteiger charge is -2.34. The summed E-state index contributed by atoms with van der Waals surface area (Å²) in [6, 6.07) is 3.13. The van der Waals surface area contributed by atoms with E-state index in [2.05, 4.69) is 32.2 Å². The van der Waals surface area contributed by atoms with E-state index in [0.29, 0.717) is 31.7 Å². The van der Waals surface area contributed by atoms with Crippen molar-refractivity contribution in [2.24, 2.45) is 5.92 Å². The Bertz CT molecular complexity index is 1060. The normalized spacial score (nSPS) is 15.1. The van der Waals surface area contributed by atoms with Gasteiger partial charge in [-0.05, 0) is 38.3 Å². The summed E-state index contributed by atoms with van der Waals surface area (Å²) in [5, 5.41) is 6.90. The van der Waals surface area contributed by atoms with Crippen molar-refractivity contribution < 1.29 is 13.6 Å². The van der Waals surface area contributed by atoms with Gasteiger partial charge in [-0.1, -0.05) is 6.92 Å². The Hall–Kier alpha value is -3.10. The SMILES string of the molecule is CCc1c(C)nc2ncnn2c1N1CCC(C(=O)Nc2ccc(F)cc2F)CC1. The topological polar surface area (TPSA) is 75.4 Å². The number of anilines is 2. The van der Waals surface area contributed by atoms with Crippen molar-refractivity contribution in [2.75, 3.05) is 23.3 Å². The molecule has 29 heavy (non-hydrogen) atoms. The second kappa shape index (κ2) is 7.73. The van der Waals surface area contributed by atoms with E-state index in [1.165, 1.54) is 12.4 Å². The number of aryl methyl sites for hydroxylation is 1. The number of benzene rings is 1. The number of hydrogen-bond donors (Lipinski definition) is 1. The fourth-order valence-corrected chi connectivity index (χ4v) is 3.89. The van der Waals surface area contributed by atoms with Gasteiger partial charge in [-0.3, -0.25) is 4.79 Å². The van der Waals surface area contributed by atoms with E-state index < -0.39 is 11.6 Å². The summed E-state index contributed by atoms with van der Waals surface area (Å²) >= 11 is 0. The second-order valence-electron chi connectivity index (χ2n) is 7.20. The van der Waals surface area contributed by atoms with Crippen LogP contribution in [0.2, 0.25) is 0 Å². The molecule has 1 fully saturated rings. The van der Waals surface area contributed by atoms with Crippen LogP contribution in [0.5, 0.6) is 0 Å². The summed E-state index contributed by atoms with van der Waals surface area (Å²) in [5.74, 6) is -0.410. The molecule has 1 aromatic carbocycles. The molecular weight excluding hydrogens is 378 g/mol. The number of hydrogen-bond acceptors (Lipinski definition) is 5. The number of carbonyl (C=O) groups is 1. The van der Waals surface area contributed by atoms with Gasteiger partial charge in [-0.15, -0.1) is 0 Å². The van der Waals surface area contributed by atoms with E-state index in [1.54, 1.807) is 4.52 Å². The first-order chi connectivity index (χ1) is 14.0. The highest BCUT2D eigenvalue weighted by atomic mass is 19.1. The Labute approximate surface area is 166 Å². The minimum absolute atomic E-state index is 0.00109. The van der Waals surface area contributed by atoms with Gasteiger partial charge in [-0.25, -0.2) is 13.8 Å². The fraction of sp³-hybridized carbons (Fsp3) is 0.400. The van der Waals surface area contributed by atoms with Crippen LogP contribution in [0, 0.1) is 24.5 Å². The molecule has 0 unspecified atom stereocenters. The van der Waals surface area contributed by atoms with E-state index in [1.807, 2.05) is 6.92 Å². The van der Waals surface area contributed by atoms with Crippen molar-refractivity contribution in [3.63, 3.8) is 0 Å². The lowest BCUT2D eigenvalue weighted by atomic mass is 9.95. The Kier molecular flexibility index (Phi) is 5.12. The molecule has 1 aliphatic rings. The minimum atomic E-state index is -0.774. The number of aromatic nitrogens is 4. The van der Waals surface area contributed by atoms with Crippen LogP contribution in [-0.2, 0) is 11.2 Å². The Balaban J connectivity index is 1.49. The maximum atomic E-state index is 13.8. The quantitative estimate of drug-likeness (QED) is 0.728. The standard InChI is InChI=1S/C20H22F2N6O/c1-3-15-12(2)25-20-23-11-24-28(20)19(15)27-8-6-13(7-9-27)18(29)26-17-5-4-14(21)10-16(17)22/h4-5,10-11,13H,3,6-9H2,1-2H3,(H,26,29). The van der Waals surface area contributed by atoms with Crippen LogP contribution in [0.3, 0.4) is 0 Å². The lowest BCUT2D eigenvalue weighted by Crippen LogP contribution is -2.39. The highest BCUT2D eigenvalue weighted by Gasteiger charge is 2.28. The number of nitrogens with one attached hydrogen (secondary N) is 1. The third-order valence-corrected chi connectivity index (χ3v) is 5.41. The molecule has 152 valence electrons. The molecule has 1 aliphatic heterocycles. The third kappa shape index (κ3) is 3.64. The maximum absolute atomic E-state index is 13.8. The summed E-state index contributed by atoms with van der Waals surface area (Å²) in [5.41, 5.74) is 2.04. The number of carbonyl (C=O) groups excluding carboxylic acids is 1. The van der Waals surface area contributed by atoms with Gasteiger partial charge in [0, 0.05) is 36.3 Å². The Morgan fingerprint density at radius 1 is 1.28 bits per heavy atom. The molecule has 4 rings (SSSR count).